The van der Waals surface area contributed by atoms with Crippen LogP contribution in [0.4, 0.5) is 17.1 Å². The van der Waals surface area contributed by atoms with E-state index in [1.165, 1.54) is 13.0 Å². The van der Waals surface area contributed by atoms with Crippen molar-refractivity contribution in [1.82, 2.24) is 4.90 Å². The fraction of sp³-hybridized carbons (Fsp3) is 0.300. The van der Waals surface area contributed by atoms with Crippen LogP contribution in [0.15, 0.2) is 42.5 Å². The number of aryl methyl sites for hydroxylation is 1. The van der Waals surface area contributed by atoms with E-state index in [0.29, 0.717) is 37.6 Å². The highest BCUT2D eigenvalue weighted by molar-refractivity contribution is 6.05. The van der Waals surface area contributed by atoms with Crippen molar-refractivity contribution in [2.24, 2.45) is 0 Å². The summed E-state index contributed by atoms with van der Waals surface area (Å²) >= 11 is 0. The topological polar surface area (TPSA) is 95.8 Å². The molecule has 28 heavy (non-hydrogen) atoms. The van der Waals surface area contributed by atoms with Crippen LogP contribution in [0.1, 0.15) is 22.8 Å². The molecule has 2 amide bonds. The van der Waals surface area contributed by atoms with Crippen LogP contribution in [0.3, 0.4) is 0 Å². The van der Waals surface area contributed by atoms with Gasteiger partial charge in [0.05, 0.1) is 4.92 Å². The number of benzene rings is 2. The first-order chi connectivity index (χ1) is 13.3. The molecule has 0 radical (unpaired) electrons. The molecule has 1 aliphatic rings. The van der Waals surface area contributed by atoms with E-state index < -0.39 is 10.8 Å². The van der Waals surface area contributed by atoms with Crippen molar-refractivity contribution in [2.75, 3.05) is 36.4 Å². The molecule has 0 aromatic heterocycles. The second-order valence-electron chi connectivity index (χ2n) is 6.77. The monoisotopic (exact) mass is 382 g/mol. The molecule has 0 spiro atoms. The number of hydrogen-bond acceptors (Lipinski definition) is 5. The minimum atomic E-state index is -0.477. The Morgan fingerprint density at radius 1 is 1.04 bits per heavy atom. The summed E-state index contributed by atoms with van der Waals surface area (Å²) in [4.78, 5) is 38.6. The molecule has 8 heteroatoms. The first-order valence-corrected chi connectivity index (χ1v) is 9.02. The molecule has 1 saturated heterocycles. The molecule has 0 unspecified atom stereocenters. The van der Waals surface area contributed by atoms with E-state index in [2.05, 4.69) is 5.32 Å². The summed E-state index contributed by atoms with van der Waals surface area (Å²) in [6.45, 7) is 5.51. The van der Waals surface area contributed by atoms with Gasteiger partial charge in [-0.1, -0.05) is 17.7 Å². The Kier molecular flexibility index (Phi) is 5.58. The fourth-order valence-corrected chi connectivity index (χ4v) is 3.18. The highest BCUT2D eigenvalue weighted by Gasteiger charge is 2.25. The first-order valence-electron chi connectivity index (χ1n) is 9.02. The van der Waals surface area contributed by atoms with E-state index in [4.69, 9.17) is 0 Å². The molecule has 146 valence electrons. The van der Waals surface area contributed by atoms with Gasteiger partial charge in [0.1, 0.15) is 5.69 Å². The zero-order valence-corrected chi connectivity index (χ0v) is 15.8. The lowest BCUT2D eigenvalue weighted by Gasteiger charge is -2.35. The zero-order chi connectivity index (χ0) is 20.3. The zero-order valence-electron chi connectivity index (χ0n) is 15.8. The van der Waals surface area contributed by atoms with Gasteiger partial charge in [0.2, 0.25) is 5.91 Å². The largest absolute Gasteiger partial charge is 0.362 e. The third-order valence-electron chi connectivity index (χ3n) is 4.81. The van der Waals surface area contributed by atoms with Gasteiger partial charge >= 0.3 is 0 Å². The van der Waals surface area contributed by atoms with Crippen LogP contribution in [0, 0.1) is 17.0 Å². The highest BCUT2D eigenvalue weighted by atomic mass is 16.6. The molecule has 0 atom stereocenters. The lowest BCUT2D eigenvalue weighted by molar-refractivity contribution is -0.384. The van der Waals surface area contributed by atoms with E-state index in [1.54, 1.807) is 29.2 Å². The van der Waals surface area contributed by atoms with Gasteiger partial charge in [-0.05, 0) is 31.2 Å². The minimum absolute atomic E-state index is 0.00252. The quantitative estimate of drug-likeness (QED) is 0.648. The van der Waals surface area contributed by atoms with Crippen molar-refractivity contribution in [3.8, 4) is 0 Å². The molecule has 8 nitrogen and oxygen atoms in total. The summed E-state index contributed by atoms with van der Waals surface area (Å²) in [7, 11) is 0. The Morgan fingerprint density at radius 2 is 1.68 bits per heavy atom. The highest BCUT2D eigenvalue weighted by Crippen LogP contribution is 2.30. The van der Waals surface area contributed by atoms with Crippen molar-refractivity contribution in [3.63, 3.8) is 0 Å². The molecule has 0 saturated carbocycles. The summed E-state index contributed by atoms with van der Waals surface area (Å²) in [6, 6.07) is 11.8. The summed E-state index contributed by atoms with van der Waals surface area (Å²) in [5.41, 5.74) is 2.26. The average molecular weight is 382 g/mol. The number of rotatable bonds is 4. The third kappa shape index (κ3) is 4.28. The minimum Gasteiger partial charge on any atom is -0.362 e. The van der Waals surface area contributed by atoms with Crippen LogP contribution < -0.4 is 10.2 Å². The van der Waals surface area contributed by atoms with Gasteiger partial charge in [-0.2, -0.15) is 0 Å². The van der Waals surface area contributed by atoms with Crippen LogP contribution >= 0.6 is 0 Å². The van der Waals surface area contributed by atoms with E-state index in [1.807, 2.05) is 24.0 Å². The van der Waals surface area contributed by atoms with Crippen LogP contribution in [0.2, 0.25) is 0 Å². The van der Waals surface area contributed by atoms with Crippen molar-refractivity contribution in [3.05, 3.63) is 63.7 Å². The predicted molar refractivity (Wildman–Crippen MR) is 107 cm³/mol. The smallest absolute Gasteiger partial charge is 0.293 e. The number of nitro groups is 1. The molecule has 3 rings (SSSR count). The molecule has 1 aliphatic heterocycles. The van der Waals surface area contributed by atoms with Gasteiger partial charge in [0.25, 0.3) is 11.6 Å². The Labute approximate surface area is 162 Å². The second-order valence-corrected chi connectivity index (χ2v) is 6.77. The molecule has 1 fully saturated rings. The number of carbonyl (C=O) groups is 2. The SMILES string of the molecule is CC(=O)N1CCN(c2ccc(C(=O)Nc3ccc(C)cc3)cc2[N+](=O)[O-])CC1. The first kappa shape index (κ1) is 19.3. The van der Waals surface area contributed by atoms with Crippen LogP contribution in [0.25, 0.3) is 0 Å². The number of hydrogen-bond donors (Lipinski definition) is 1. The maximum Gasteiger partial charge on any atom is 0.293 e. The Hall–Kier alpha value is -3.42. The normalized spacial score (nSPS) is 13.9. The number of anilines is 2. The third-order valence-corrected chi connectivity index (χ3v) is 4.81. The number of amides is 2. The number of nitrogens with one attached hydrogen (secondary N) is 1. The van der Waals surface area contributed by atoms with Crippen LogP contribution in [-0.4, -0.2) is 47.8 Å². The van der Waals surface area contributed by atoms with Crippen molar-refractivity contribution >= 4 is 28.9 Å². The molecule has 1 heterocycles. The maximum atomic E-state index is 12.5. The lowest BCUT2D eigenvalue weighted by Crippen LogP contribution is -2.48. The summed E-state index contributed by atoms with van der Waals surface area (Å²) < 4.78 is 0. The summed E-state index contributed by atoms with van der Waals surface area (Å²) in [5.74, 6) is -0.405. The average Bonchev–Trinajstić information content (AvgIpc) is 2.69. The number of carbonyl (C=O) groups excluding carboxylic acids is 2. The molecule has 2 aromatic carbocycles. The number of nitro benzene ring substituents is 1. The molecular weight excluding hydrogens is 360 g/mol. The van der Waals surface area contributed by atoms with Gasteiger partial charge in [-0.15, -0.1) is 0 Å². The maximum absolute atomic E-state index is 12.5. The van der Waals surface area contributed by atoms with Gasteiger partial charge < -0.3 is 15.1 Å². The van der Waals surface area contributed by atoms with Gasteiger partial charge in [-0.25, -0.2) is 0 Å². The predicted octanol–water partition coefficient (Wildman–Crippen LogP) is 2.82. The lowest BCUT2D eigenvalue weighted by atomic mass is 10.1. The summed E-state index contributed by atoms with van der Waals surface area (Å²) in [6.07, 6.45) is 0. The molecule has 2 aromatic rings. The fourth-order valence-electron chi connectivity index (χ4n) is 3.18. The van der Waals surface area contributed by atoms with Crippen molar-refractivity contribution < 1.29 is 14.5 Å². The van der Waals surface area contributed by atoms with Crippen molar-refractivity contribution in [1.29, 1.82) is 0 Å². The molecule has 1 N–H and O–H groups in total. The second kappa shape index (κ2) is 8.08. The van der Waals surface area contributed by atoms with E-state index in [0.717, 1.165) is 5.56 Å². The van der Waals surface area contributed by atoms with Gasteiger partial charge in [0, 0.05) is 50.4 Å². The molecule has 0 bridgehead atoms. The Balaban J connectivity index is 1.79. The standard InChI is InChI=1S/C20H22N4O4/c1-14-3-6-17(7-4-14)21-20(26)16-5-8-18(19(13-16)24(27)28)23-11-9-22(10-12-23)15(2)25/h3-8,13H,9-12H2,1-2H3,(H,21,26). The molecule has 0 aliphatic carbocycles. The van der Waals surface area contributed by atoms with Gasteiger partial charge in [0.15, 0.2) is 0 Å². The van der Waals surface area contributed by atoms with Crippen LogP contribution in [0.5, 0.6) is 0 Å². The van der Waals surface area contributed by atoms with E-state index >= 15 is 0 Å². The Bertz CT molecular complexity index is 903. The number of piperazine rings is 1. The summed E-state index contributed by atoms with van der Waals surface area (Å²) in [5, 5.41) is 14.3. The van der Waals surface area contributed by atoms with E-state index in [9.17, 15) is 19.7 Å². The van der Waals surface area contributed by atoms with Gasteiger partial charge in [-0.3, -0.25) is 19.7 Å². The Morgan fingerprint density at radius 3 is 2.25 bits per heavy atom. The number of nitrogens with zero attached hydrogens (tertiary/aromatic N) is 3. The van der Waals surface area contributed by atoms with Crippen molar-refractivity contribution in [2.45, 2.75) is 13.8 Å². The van der Waals surface area contributed by atoms with E-state index in [-0.39, 0.29) is 17.2 Å². The van der Waals surface area contributed by atoms with Crippen LogP contribution in [-0.2, 0) is 4.79 Å². The molecular formula is C20H22N4O4.